The second-order valence-corrected chi connectivity index (χ2v) is 8.06. The molecule has 5 nitrogen and oxygen atoms in total. The van der Waals surface area contributed by atoms with Gasteiger partial charge < -0.3 is 15.6 Å². The average Bonchev–Trinajstić information content (AvgIpc) is 2.80. The van der Waals surface area contributed by atoms with Gasteiger partial charge in [0.25, 0.3) is 0 Å². The minimum atomic E-state index is 0.152. The van der Waals surface area contributed by atoms with E-state index in [1.54, 1.807) is 11.8 Å². The highest BCUT2D eigenvalue weighted by atomic mass is 32.2. The molecule has 1 aromatic rings. The summed E-state index contributed by atoms with van der Waals surface area (Å²) in [6, 6.07) is 0.670. The number of carbonyl (C=O) groups is 1. The molecule has 1 aromatic heterocycles. The van der Waals surface area contributed by atoms with Crippen LogP contribution in [0.4, 0.5) is 0 Å². The fraction of sp³-hybridized carbons (Fsp3) is 0.765. The Labute approximate surface area is 142 Å². The number of fused-ring (bicyclic) bond motifs is 2. The molecule has 0 saturated heterocycles. The van der Waals surface area contributed by atoms with Crippen LogP contribution in [0.3, 0.4) is 0 Å². The van der Waals surface area contributed by atoms with E-state index in [2.05, 4.69) is 10.5 Å². The lowest BCUT2D eigenvalue weighted by atomic mass is 9.67. The molecule has 2 aliphatic carbocycles. The molecule has 2 aliphatic rings. The Balaban J connectivity index is 1.48. The number of aromatic nitrogens is 1. The van der Waals surface area contributed by atoms with Gasteiger partial charge in [-0.2, -0.15) is 0 Å². The van der Waals surface area contributed by atoms with Crippen molar-refractivity contribution in [2.24, 2.45) is 17.6 Å². The van der Waals surface area contributed by atoms with Crippen molar-refractivity contribution < 1.29 is 9.32 Å². The number of aryl methyl sites for hydroxylation is 2. The molecule has 3 N–H and O–H groups in total. The van der Waals surface area contributed by atoms with E-state index in [1.165, 1.54) is 19.3 Å². The Morgan fingerprint density at radius 3 is 2.65 bits per heavy atom. The molecule has 128 valence electrons. The Morgan fingerprint density at radius 1 is 1.35 bits per heavy atom. The topological polar surface area (TPSA) is 81.2 Å². The fourth-order valence-corrected chi connectivity index (χ4v) is 5.19. The van der Waals surface area contributed by atoms with Crippen molar-refractivity contribution in [1.82, 2.24) is 10.5 Å². The van der Waals surface area contributed by atoms with Crippen LogP contribution in [-0.2, 0) is 10.5 Å². The van der Waals surface area contributed by atoms with E-state index < -0.39 is 0 Å². The Morgan fingerprint density at radius 2 is 2.04 bits per heavy atom. The predicted octanol–water partition coefficient (Wildman–Crippen LogP) is 2.55. The molecular weight excluding hydrogens is 310 g/mol. The molecule has 23 heavy (non-hydrogen) atoms. The van der Waals surface area contributed by atoms with Crippen molar-refractivity contribution in [2.75, 3.05) is 5.75 Å². The van der Waals surface area contributed by atoms with Gasteiger partial charge in [-0.3, -0.25) is 4.79 Å². The van der Waals surface area contributed by atoms with E-state index in [0.717, 1.165) is 35.6 Å². The van der Waals surface area contributed by atoms with E-state index in [0.29, 0.717) is 29.7 Å². The summed E-state index contributed by atoms with van der Waals surface area (Å²) in [7, 11) is 0. The molecule has 1 amide bonds. The molecular formula is C17H27N3O2S. The van der Waals surface area contributed by atoms with Crippen molar-refractivity contribution in [1.29, 1.82) is 0 Å². The van der Waals surface area contributed by atoms with Crippen molar-refractivity contribution in [3.05, 3.63) is 17.0 Å². The zero-order valence-corrected chi connectivity index (χ0v) is 14.8. The third kappa shape index (κ3) is 3.91. The molecule has 2 bridgehead atoms. The summed E-state index contributed by atoms with van der Waals surface area (Å²) >= 11 is 1.63. The van der Waals surface area contributed by atoms with Crippen LogP contribution in [0.15, 0.2) is 4.52 Å². The van der Waals surface area contributed by atoms with Crippen LogP contribution in [0.5, 0.6) is 0 Å². The highest BCUT2D eigenvalue weighted by Crippen LogP contribution is 2.39. The van der Waals surface area contributed by atoms with Crippen LogP contribution in [0, 0.1) is 25.7 Å². The van der Waals surface area contributed by atoms with Gasteiger partial charge in [-0.25, -0.2) is 0 Å². The van der Waals surface area contributed by atoms with Gasteiger partial charge in [0, 0.05) is 23.4 Å². The van der Waals surface area contributed by atoms with E-state index in [4.69, 9.17) is 10.3 Å². The molecule has 2 unspecified atom stereocenters. The summed E-state index contributed by atoms with van der Waals surface area (Å²) in [6.07, 6.45) is 5.83. The number of thioether (sulfide) groups is 1. The average molecular weight is 337 g/mol. The van der Waals surface area contributed by atoms with Gasteiger partial charge >= 0.3 is 0 Å². The molecule has 1 heterocycles. The van der Waals surface area contributed by atoms with Gasteiger partial charge in [-0.15, -0.1) is 11.8 Å². The second-order valence-electron chi connectivity index (χ2n) is 7.07. The summed E-state index contributed by atoms with van der Waals surface area (Å²) in [5.41, 5.74) is 8.19. The lowest BCUT2D eigenvalue weighted by Gasteiger charge is -2.45. The molecule has 0 radical (unpaired) electrons. The maximum absolute atomic E-state index is 12.3. The number of amides is 1. The highest BCUT2D eigenvalue weighted by Gasteiger charge is 2.39. The molecule has 2 fully saturated rings. The Bertz CT molecular complexity index is 527. The minimum absolute atomic E-state index is 0.152. The quantitative estimate of drug-likeness (QED) is 0.863. The highest BCUT2D eigenvalue weighted by molar-refractivity contribution is 7.99. The summed E-state index contributed by atoms with van der Waals surface area (Å²) in [6.45, 7) is 3.86. The summed E-state index contributed by atoms with van der Waals surface area (Å²) < 4.78 is 5.16. The fourth-order valence-electron chi connectivity index (χ4n) is 4.21. The molecule has 0 spiro atoms. The molecule has 2 atom stereocenters. The maximum Gasteiger partial charge on any atom is 0.230 e. The Kier molecular flexibility index (Phi) is 5.31. The van der Waals surface area contributed by atoms with Gasteiger partial charge in [0.05, 0.1) is 11.4 Å². The zero-order chi connectivity index (χ0) is 16.4. The number of nitrogens with one attached hydrogen (secondary N) is 1. The lowest BCUT2D eigenvalue weighted by molar-refractivity contribution is -0.120. The van der Waals surface area contributed by atoms with Crippen LogP contribution >= 0.6 is 11.8 Å². The van der Waals surface area contributed by atoms with Crippen LogP contribution in [-0.4, -0.2) is 28.9 Å². The Hall–Kier alpha value is -1.01. The van der Waals surface area contributed by atoms with E-state index in [-0.39, 0.29) is 5.91 Å². The van der Waals surface area contributed by atoms with Crippen molar-refractivity contribution >= 4 is 17.7 Å². The third-order valence-corrected chi connectivity index (χ3v) is 6.32. The molecule has 0 aromatic carbocycles. The first-order valence-corrected chi connectivity index (χ1v) is 9.74. The molecule has 0 aliphatic heterocycles. The second kappa shape index (κ2) is 7.26. The summed E-state index contributed by atoms with van der Waals surface area (Å²) in [5, 5.41) is 7.25. The van der Waals surface area contributed by atoms with E-state index >= 15 is 0 Å². The summed E-state index contributed by atoms with van der Waals surface area (Å²) in [4.78, 5) is 12.3. The van der Waals surface area contributed by atoms with Crippen molar-refractivity contribution in [3.8, 4) is 0 Å². The van der Waals surface area contributed by atoms with Gasteiger partial charge in [0.2, 0.25) is 5.91 Å². The molecule has 3 rings (SSSR count). The van der Waals surface area contributed by atoms with Crippen LogP contribution in [0.2, 0.25) is 0 Å². The number of hydrogen-bond donors (Lipinski definition) is 2. The lowest BCUT2D eigenvalue weighted by Crippen LogP contribution is -2.54. The van der Waals surface area contributed by atoms with Crippen molar-refractivity contribution in [2.45, 2.75) is 63.8 Å². The number of hydrogen-bond acceptors (Lipinski definition) is 5. The smallest absolute Gasteiger partial charge is 0.230 e. The number of carbonyl (C=O) groups excluding carboxylic acids is 1. The number of nitrogens with zero attached hydrogens (tertiary/aromatic N) is 1. The molecule has 6 heteroatoms. The monoisotopic (exact) mass is 337 g/mol. The van der Waals surface area contributed by atoms with Gasteiger partial charge in [-0.1, -0.05) is 11.6 Å². The first kappa shape index (κ1) is 16.8. The number of nitrogens with two attached hydrogens (primary N) is 1. The van der Waals surface area contributed by atoms with Gasteiger partial charge in [0.15, 0.2) is 0 Å². The summed E-state index contributed by atoms with van der Waals surface area (Å²) in [5.74, 6) is 3.43. The first-order valence-electron chi connectivity index (χ1n) is 8.59. The normalized spacial score (nSPS) is 30.2. The maximum atomic E-state index is 12.3. The van der Waals surface area contributed by atoms with E-state index in [1.807, 2.05) is 13.8 Å². The predicted molar refractivity (Wildman–Crippen MR) is 92.1 cm³/mol. The zero-order valence-electron chi connectivity index (χ0n) is 14.0. The van der Waals surface area contributed by atoms with Crippen LogP contribution < -0.4 is 11.1 Å². The first-order chi connectivity index (χ1) is 11.0. The van der Waals surface area contributed by atoms with Gasteiger partial charge in [0.1, 0.15) is 5.76 Å². The van der Waals surface area contributed by atoms with Crippen molar-refractivity contribution in [3.63, 3.8) is 0 Å². The SMILES string of the molecule is Cc1noc(C)c1CSCC(=O)NC1C2CCCC1CC(N)C2. The number of rotatable bonds is 5. The van der Waals surface area contributed by atoms with Crippen LogP contribution in [0.1, 0.15) is 49.1 Å². The molecule has 2 saturated carbocycles. The van der Waals surface area contributed by atoms with Gasteiger partial charge in [-0.05, 0) is 51.4 Å². The van der Waals surface area contributed by atoms with E-state index in [9.17, 15) is 4.79 Å². The minimum Gasteiger partial charge on any atom is -0.361 e. The largest absolute Gasteiger partial charge is 0.361 e. The third-order valence-electron chi connectivity index (χ3n) is 5.36. The van der Waals surface area contributed by atoms with Crippen LogP contribution in [0.25, 0.3) is 0 Å². The standard InChI is InChI=1S/C17H27N3O2S/c1-10-15(11(2)22-20-10)8-23-9-16(21)19-17-12-4-3-5-13(17)7-14(18)6-12/h12-14,17H,3-9,18H2,1-2H3,(H,19,21).